The summed E-state index contributed by atoms with van der Waals surface area (Å²) in [4.78, 5) is 16.3. The minimum Gasteiger partial charge on any atom is -0.347 e. The molecule has 0 bridgehead atoms. The van der Waals surface area contributed by atoms with Gasteiger partial charge in [0.25, 0.3) is 5.91 Å². The molecular formula is C18H17FN4O. The summed E-state index contributed by atoms with van der Waals surface area (Å²) in [6.07, 6.45) is 3.36. The van der Waals surface area contributed by atoms with Gasteiger partial charge in [-0.1, -0.05) is 17.7 Å². The van der Waals surface area contributed by atoms with Crippen molar-refractivity contribution in [1.29, 1.82) is 0 Å². The number of benzene rings is 1. The molecule has 2 aromatic heterocycles. The number of hydrogen-bond acceptors (Lipinski definition) is 3. The lowest BCUT2D eigenvalue weighted by molar-refractivity contribution is 0.0945. The number of hydrogen-bond donors (Lipinski definition) is 1. The second-order valence-corrected chi connectivity index (χ2v) is 5.57. The Kier molecular flexibility index (Phi) is 4.37. The fraction of sp³-hybridized carbons (Fsp3) is 0.167. The molecular weight excluding hydrogens is 307 g/mol. The Bertz CT molecular complexity index is 874. The largest absolute Gasteiger partial charge is 0.347 e. The SMILES string of the molecule is Cc1ccc(F)c(-c2cc(C(=O)NCc3cccnc3)nn2C)c1. The van der Waals surface area contributed by atoms with Gasteiger partial charge >= 0.3 is 0 Å². The summed E-state index contributed by atoms with van der Waals surface area (Å²) in [5.41, 5.74) is 3.07. The first kappa shape index (κ1) is 15.9. The van der Waals surface area contributed by atoms with Crippen molar-refractivity contribution < 1.29 is 9.18 Å². The topological polar surface area (TPSA) is 59.8 Å². The van der Waals surface area contributed by atoms with Gasteiger partial charge in [-0.25, -0.2) is 4.39 Å². The number of nitrogens with zero attached hydrogens (tertiary/aromatic N) is 3. The van der Waals surface area contributed by atoms with Crippen molar-refractivity contribution in [2.75, 3.05) is 0 Å². The average Bonchev–Trinajstić information content (AvgIpc) is 2.97. The van der Waals surface area contributed by atoms with E-state index in [0.29, 0.717) is 17.8 Å². The van der Waals surface area contributed by atoms with Crippen LogP contribution >= 0.6 is 0 Å². The molecule has 122 valence electrons. The molecule has 2 heterocycles. The molecule has 0 aliphatic heterocycles. The minimum absolute atomic E-state index is 0.247. The second kappa shape index (κ2) is 6.62. The van der Waals surface area contributed by atoms with Gasteiger partial charge in [0.15, 0.2) is 5.69 Å². The van der Waals surface area contributed by atoms with Crippen molar-refractivity contribution in [3.8, 4) is 11.3 Å². The molecule has 0 aliphatic rings. The molecule has 5 nitrogen and oxygen atoms in total. The van der Waals surface area contributed by atoms with Gasteiger partial charge in [-0.05, 0) is 36.8 Å². The average molecular weight is 324 g/mol. The van der Waals surface area contributed by atoms with E-state index >= 15 is 0 Å². The van der Waals surface area contributed by atoms with Crippen molar-refractivity contribution in [3.05, 3.63) is 71.4 Å². The maximum Gasteiger partial charge on any atom is 0.272 e. The Labute approximate surface area is 139 Å². The number of rotatable bonds is 4. The third-order valence-electron chi connectivity index (χ3n) is 3.69. The molecule has 1 aromatic carbocycles. The molecule has 6 heteroatoms. The van der Waals surface area contributed by atoms with E-state index in [1.807, 2.05) is 13.0 Å². The van der Waals surface area contributed by atoms with Gasteiger partial charge in [0, 0.05) is 31.5 Å². The number of carbonyl (C=O) groups is 1. The van der Waals surface area contributed by atoms with Crippen LogP contribution in [0.25, 0.3) is 11.3 Å². The molecule has 1 N–H and O–H groups in total. The highest BCUT2D eigenvalue weighted by Gasteiger charge is 2.16. The maximum atomic E-state index is 14.1. The number of halogens is 1. The van der Waals surface area contributed by atoms with Crippen LogP contribution in [-0.4, -0.2) is 20.7 Å². The third-order valence-corrected chi connectivity index (χ3v) is 3.69. The lowest BCUT2D eigenvalue weighted by atomic mass is 10.1. The molecule has 0 spiro atoms. The second-order valence-electron chi connectivity index (χ2n) is 5.57. The Hall–Kier alpha value is -3.02. The molecule has 0 unspecified atom stereocenters. The van der Waals surface area contributed by atoms with E-state index in [2.05, 4.69) is 15.4 Å². The molecule has 0 radical (unpaired) electrons. The highest BCUT2D eigenvalue weighted by molar-refractivity contribution is 5.93. The van der Waals surface area contributed by atoms with Gasteiger partial charge in [-0.15, -0.1) is 0 Å². The van der Waals surface area contributed by atoms with Crippen LogP contribution in [-0.2, 0) is 13.6 Å². The number of amides is 1. The van der Waals surface area contributed by atoms with Crippen LogP contribution in [0.4, 0.5) is 4.39 Å². The molecule has 0 saturated heterocycles. The summed E-state index contributed by atoms with van der Waals surface area (Å²) in [6, 6.07) is 10.1. The summed E-state index contributed by atoms with van der Waals surface area (Å²) in [6.45, 7) is 2.25. The first-order valence-corrected chi connectivity index (χ1v) is 7.52. The quantitative estimate of drug-likeness (QED) is 0.803. The molecule has 3 rings (SSSR count). The van der Waals surface area contributed by atoms with E-state index in [4.69, 9.17) is 0 Å². The summed E-state index contributed by atoms with van der Waals surface area (Å²) >= 11 is 0. The van der Waals surface area contributed by atoms with Gasteiger partial charge in [-0.2, -0.15) is 5.10 Å². The summed E-state index contributed by atoms with van der Waals surface area (Å²) < 4.78 is 15.6. The van der Waals surface area contributed by atoms with Gasteiger partial charge in [0.05, 0.1) is 5.69 Å². The van der Waals surface area contributed by atoms with E-state index in [1.165, 1.54) is 10.7 Å². The number of pyridine rings is 1. The van der Waals surface area contributed by atoms with Crippen molar-refractivity contribution in [1.82, 2.24) is 20.1 Å². The van der Waals surface area contributed by atoms with Crippen LogP contribution in [0.2, 0.25) is 0 Å². The molecule has 0 saturated carbocycles. The zero-order chi connectivity index (χ0) is 17.1. The van der Waals surface area contributed by atoms with E-state index in [-0.39, 0.29) is 17.4 Å². The Morgan fingerprint density at radius 1 is 1.29 bits per heavy atom. The monoisotopic (exact) mass is 324 g/mol. The van der Waals surface area contributed by atoms with E-state index < -0.39 is 0 Å². The Morgan fingerprint density at radius 2 is 2.12 bits per heavy atom. The van der Waals surface area contributed by atoms with E-state index in [9.17, 15) is 9.18 Å². The summed E-state index contributed by atoms with van der Waals surface area (Å²) in [5.74, 6) is -0.653. The molecule has 24 heavy (non-hydrogen) atoms. The summed E-state index contributed by atoms with van der Waals surface area (Å²) in [7, 11) is 1.69. The van der Waals surface area contributed by atoms with Crippen LogP contribution in [0.15, 0.2) is 48.8 Å². The smallest absolute Gasteiger partial charge is 0.272 e. The zero-order valence-electron chi connectivity index (χ0n) is 13.5. The van der Waals surface area contributed by atoms with E-state index in [1.54, 1.807) is 43.7 Å². The normalized spacial score (nSPS) is 10.6. The lowest BCUT2D eigenvalue weighted by Crippen LogP contribution is -2.23. The third kappa shape index (κ3) is 3.32. The number of aryl methyl sites for hydroxylation is 2. The molecule has 0 atom stereocenters. The van der Waals surface area contributed by atoms with Gasteiger partial charge in [-0.3, -0.25) is 14.5 Å². The first-order chi connectivity index (χ1) is 11.5. The molecule has 3 aromatic rings. The van der Waals surface area contributed by atoms with Crippen molar-refractivity contribution in [2.24, 2.45) is 7.05 Å². The van der Waals surface area contributed by atoms with Crippen molar-refractivity contribution >= 4 is 5.91 Å². The Morgan fingerprint density at radius 3 is 2.88 bits per heavy atom. The fourth-order valence-corrected chi connectivity index (χ4v) is 2.44. The van der Waals surface area contributed by atoms with Crippen LogP contribution in [0.1, 0.15) is 21.6 Å². The zero-order valence-corrected chi connectivity index (χ0v) is 13.5. The number of aromatic nitrogens is 3. The lowest BCUT2D eigenvalue weighted by Gasteiger charge is -2.04. The maximum absolute atomic E-state index is 14.1. The summed E-state index contributed by atoms with van der Waals surface area (Å²) in [5, 5.41) is 6.98. The van der Waals surface area contributed by atoms with Crippen molar-refractivity contribution in [2.45, 2.75) is 13.5 Å². The van der Waals surface area contributed by atoms with Crippen LogP contribution in [0.5, 0.6) is 0 Å². The van der Waals surface area contributed by atoms with Gasteiger partial charge in [0.2, 0.25) is 0 Å². The Balaban J connectivity index is 1.81. The highest BCUT2D eigenvalue weighted by atomic mass is 19.1. The predicted octanol–water partition coefficient (Wildman–Crippen LogP) is 2.86. The molecule has 0 aliphatic carbocycles. The predicted molar refractivity (Wildman–Crippen MR) is 88.7 cm³/mol. The van der Waals surface area contributed by atoms with Crippen molar-refractivity contribution in [3.63, 3.8) is 0 Å². The minimum atomic E-state index is -0.342. The van der Waals surface area contributed by atoms with Gasteiger partial charge < -0.3 is 5.32 Å². The number of nitrogens with one attached hydrogen (secondary N) is 1. The standard InChI is InChI=1S/C18H17FN4O/c1-12-5-6-15(19)14(8-12)17-9-16(22-23(17)2)18(24)21-11-13-4-3-7-20-10-13/h3-10H,11H2,1-2H3,(H,21,24). The number of carbonyl (C=O) groups excluding carboxylic acids is 1. The fourth-order valence-electron chi connectivity index (χ4n) is 2.44. The molecule has 1 amide bonds. The van der Waals surface area contributed by atoms with Gasteiger partial charge in [0.1, 0.15) is 5.82 Å². The first-order valence-electron chi connectivity index (χ1n) is 7.52. The highest BCUT2D eigenvalue weighted by Crippen LogP contribution is 2.24. The van der Waals surface area contributed by atoms with Crippen LogP contribution in [0, 0.1) is 12.7 Å². The van der Waals surface area contributed by atoms with Crippen LogP contribution < -0.4 is 5.32 Å². The molecule has 0 fully saturated rings. The van der Waals surface area contributed by atoms with E-state index in [0.717, 1.165) is 11.1 Å². The van der Waals surface area contributed by atoms with Crippen LogP contribution in [0.3, 0.4) is 0 Å².